The highest BCUT2D eigenvalue weighted by atomic mass is 19.3. The highest BCUT2D eigenvalue weighted by molar-refractivity contribution is 6.08. The third-order valence-electron chi connectivity index (χ3n) is 12.5. The molecular weight excluding hydrogens is 777 g/mol. The fourth-order valence-corrected chi connectivity index (χ4v) is 9.18. The van der Waals surface area contributed by atoms with Crippen LogP contribution in [0.1, 0.15) is 96.7 Å². The molecule has 2 atom stereocenters. The number of nitrogens with zero attached hydrogens (tertiary/aromatic N) is 9. The van der Waals surface area contributed by atoms with Gasteiger partial charge in [0.05, 0.1) is 47.7 Å². The second kappa shape index (κ2) is 16.7. The lowest BCUT2D eigenvalue weighted by atomic mass is 9.85. The molecule has 4 aliphatic rings. The van der Waals surface area contributed by atoms with Gasteiger partial charge < -0.3 is 15.0 Å². The topological polar surface area (TPSA) is 166 Å². The first-order valence-corrected chi connectivity index (χ1v) is 20.7. The molecule has 1 aromatic carbocycles. The Kier molecular flexibility index (Phi) is 11.0. The fourth-order valence-electron chi connectivity index (χ4n) is 9.18. The van der Waals surface area contributed by atoms with Crippen LogP contribution in [0.4, 0.5) is 14.5 Å². The van der Waals surface area contributed by atoms with Crippen molar-refractivity contribution in [2.75, 3.05) is 57.8 Å². The molecule has 3 amide bonds. The number of aromatic nitrogens is 7. The van der Waals surface area contributed by atoms with E-state index in [0.29, 0.717) is 47.9 Å². The Labute approximate surface area is 343 Å². The van der Waals surface area contributed by atoms with Crippen molar-refractivity contribution in [3.8, 4) is 11.8 Å². The standard InChI is InChI=1S/C42H47F2N11O5/c1-50-37-27(4-2-6-33(37)55(42(50)59)34-11-12-35(56)48-41(34)58)5-3-15-51-17-19-52(20-18-51)23-26-7-9-29(10-8-26)54-24-32(36(49-54)38(43)44)47-40(57)30-22-45-53-16-13-31(46-39(30)53)28-14-21-60-25-28/h2,4,6,13,16,22,24,26,28-29,34,38H,7-12,14-15,17-21,23,25H2,1H3,(H,47,57)(H,48,56,58)/t26-,28?,29-,34?. The van der Waals surface area contributed by atoms with Gasteiger partial charge in [0.15, 0.2) is 11.3 Å². The number of piperidine rings is 1. The Hall–Kier alpha value is -5.77. The number of benzene rings is 1. The molecule has 4 aromatic heterocycles. The normalized spacial score (nSPS) is 23.0. The molecule has 3 saturated heterocycles. The monoisotopic (exact) mass is 823 g/mol. The van der Waals surface area contributed by atoms with E-state index in [1.165, 1.54) is 26.0 Å². The zero-order valence-corrected chi connectivity index (χ0v) is 33.4. The zero-order valence-electron chi connectivity index (χ0n) is 33.4. The summed E-state index contributed by atoms with van der Waals surface area (Å²) in [5.74, 6) is 5.81. The van der Waals surface area contributed by atoms with Crippen LogP contribution in [-0.4, -0.2) is 114 Å². The average Bonchev–Trinajstić information content (AvgIpc) is 4.06. The SMILES string of the molecule is Cn1c(=O)n(C2CCC(=O)NC2=O)c2cccc(C#CCN3CCN(C[C@H]4CC[C@H](n5cc(NC(=O)c6cnn7ccc(C8CCOC8)nc67)c(C(F)F)n5)CC4)CC3)c21. The molecule has 5 aromatic rings. The van der Waals surface area contributed by atoms with Gasteiger partial charge in [0.1, 0.15) is 11.6 Å². The highest BCUT2D eigenvalue weighted by Crippen LogP contribution is 2.36. The molecular formula is C42H47F2N11O5. The molecule has 3 aliphatic heterocycles. The molecule has 7 heterocycles. The number of para-hydroxylation sites is 1. The number of carbonyl (C=O) groups is 3. The predicted molar refractivity (Wildman–Crippen MR) is 216 cm³/mol. The van der Waals surface area contributed by atoms with Gasteiger partial charge in [0, 0.05) is 76.8 Å². The predicted octanol–water partition coefficient (Wildman–Crippen LogP) is 3.65. The van der Waals surface area contributed by atoms with Crippen LogP contribution in [0, 0.1) is 17.8 Å². The van der Waals surface area contributed by atoms with Gasteiger partial charge in [-0.05, 0) is 62.6 Å². The summed E-state index contributed by atoms with van der Waals surface area (Å²) < 4.78 is 40.0. The summed E-state index contributed by atoms with van der Waals surface area (Å²) in [6.45, 7) is 6.35. The van der Waals surface area contributed by atoms with Crippen molar-refractivity contribution in [3.05, 3.63) is 75.9 Å². The number of nitrogens with one attached hydrogen (secondary N) is 2. The number of halogens is 2. The minimum atomic E-state index is -2.86. The second-order valence-corrected chi connectivity index (χ2v) is 16.3. The summed E-state index contributed by atoms with van der Waals surface area (Å²) in [5.41, 5.74) is 2.57. The number of rotatable bonds is 9. The van der Waals surface area contributed by atoms with Gasteiger partial charge in [0.25, 0.3) is 12.3 Å². The number of amides is 3. The first-order valence-electron chi connectivity index (χ1n) is 20.7. The van der Waals surface area contributed by atoms with Gasteiger partial charge in [-0.3, -0.25) is 38.4 Å². The molecule has 9 rings (SSSR count). The van der Waals surface area contributed by atoms with Gasteiger partial charge >= 0.3 is 5.69 Å². The average molecular weight is 824 g/mol. The van der Waals surface area contributed by atoms with E-state index in [2.05, 4.69) is 47.5 Å². The largest absolute Gasteiger partial charge is 0.381 e. The van der Waals surface area contributed by atoms with Crippen LogP contribution in [-0.2, 0) is 21.4 Å². The minimum Gasteiger partial charge on any atom is -0.381 e. The van der Waals surface area contributed by atoms with Crippen molar-refractivity contribution in [2.24, 2.45) is 13.0 Å². The Morgan fingerprint density at radius 1 is 1.03 bits per heavy atom. The lowest BCUT2D eigenvalue weighted by Gasteiger charge is -2.37. The summed E-state index contributed by atoms with van der Waals surface area (Å²) in [7, 11) is 1.67. The second-order valence-electron chi connectivity index (χ2n) is 16.3. The number of carbonyl (C=O) groups excluding carboxylic acids is 3. The van der Waals surface area contributed by atoms with Crippen molar-refractivity contribution in [1.82, 2.24) is 48.6 Å². The van der Waals surface area contributed by atoms with Gasteiger partial charge in [-0.2, -0.15) is 10.2 Å². The summed E-state index contributed by atoms with van der Waals surface area (Å²) >= 11 is 0. The Morgan fingerprint density at radius 3 is 2.58 bits per heavy atom. The lowest BCUT2D eigenvalue weighted by molar-refractivity contribution is -0.135. The van der Waals surface area contributed by atoms with E-state index in [4.69, 9.17) is 4.74 Å². The number of alkyl halides is 2. The van der Waals surface area contributed by atoms with E-state index in [9.17, 15) is 28.0 Å². The summed E-state index contributed by atoms with van der Waals surface area (Å²) in [6, 6.07) is 6.58. The number of hydrogen-bond acceptors (Lipinski definition) is 10. The van der Waals surface area contributed by atoms with Crippen LogP contribution in [0.2, 0.25) is 0 Å². The molecule has 60 heavy (non-hydrogen) atoms. The number of hydrogen-bond donors (Lipinski definition) is 2. The van der Waals surface area contributed by atoms with Crippen molar-refractivity contribution < 1.29 is 27.9 Å². The Morgan fingerprint density at radius 2 is 1.83 bits per heavy atom. The van der Waals surface area contributed by atoms with Gasteiger partial charge in [-0.1, -0.05) is 17.9 Å². The Balaban J connectivity index is 0.769. The van der Waals surface area contributed by atoms with E-state index in [1.54, 1.807) is 24.0 Å². The van der Waals surface area contributed by atoms with Gasteiger partial charge in [0.2, 0.25) is 11.8 Å². The maximum atomic E-state index is 14.2. The first kappa shape index (κ1) is 39.7. The van der Waals surface area contributed by atoms with E-state index in [0.717, 1.165) is 70.5 Å². The molecule has 2 N–H and O–H groups in total. The van der Waals surface area contributed by atoms with Crippen molar-refractivity contribution in [2.45, 2.75) is 69.4 Å². The number of piperazine rings is 1. The van der Waals surface area contributed by atoms with E-state index >= 15 is 0 Å². The molecule has 1 aliphatic carbocycles. The van der Waals surface area contributed by atoms with Crippen LogP contribution in [0.5, 0.6) is 0 Å². The quantitative estimate of drug-likeness (QED) is 0.166. The number of imide groups is 1. The van der Waals surface area contributed by atoms with Crippen LogP contribution >= 0.6 is 0 Å². The summed E-state index contributed by atoms with van der Waals surface area (Å²) in [6.07, 6.45) is 6.62. The smallest absolute Gasteiger partial charge is 0.329 e. The number of ether oxygens (including phenoxy) is 1. The van der Waals surface area contributed by atoms with Crippen molar-refractivity contribution in [3.63, 3.8) is 0 Å². The molecule has 0 bridgehead atoms. The number of aryl methyl sites for hydroxylation is 1. The minimum absolute atomic E-state index is 0.00841. The number of imidazole rings is 1. The first-order chi connectivity index (χ1) is 29.1. The van der Waals surface area contributed by atoms with E-state index in [1.807, 2.05) is 18.2 Å². The highest BCUT2D eigenvalue weighted by Gasteiger charge is 2.32. The van der Waals surface area contributed by atoms with Crippen LogP contribution in [0.15, 0.2) is 47.7 Å². The molecule has 16 nitrogen and oxygen atoms in total. The van der Waals surface area contributed by atoms with Gasteiger partial charge in [-0.25, -0.2) is 23.1 Å². The summed E-state index contributed by atoms with van der Waals surface area (Å²) in [5, 5.41) is 13.5. The van der Waals surface area contributed by atoms with Crippen LogP contribution < -0.4 is 16.3 Å². The maximum absolute atomic E-state index is 14.2. The third kappa shape index (κ3) is 7.84. The van der Waals surface area contributed by atoms with Crippen LogP contribution in [0.25, 0.3) is 16.7 Å². The zero-order chi connectivity index (χ0) is 41.5. The van der Waals surface area contributed by atoms with E-state index in [-0.39, 0.29) is 47.6 Å². The molecule has 0 spiro atoms. The number of anilines is 1. The molecule has 314 valence electrons. The Bertz CT molecular complexity index is 2560. The summed E-state index contributed by atoms with van der Waals surface area (Å²) in [4.78, 5) is 60.5. The fraction of sp³-hybridized carbons (Fsp3) is 0.500. The third-order valence-corrected chi connectivity index (χ3v) is 12.5. The molecule has 18 heteroatoms. The maximum Gasteiger partial charge on any atom is 0.329 e. The van der Waals surface area contributed by atoms with Crippen LogP contribution in [0.3, 0.4) is 0 Å². The van der Waals surface area contributed by atoms with Gasteiger partial charge in [-0.15, -0.1) is 0 Å². The van der Waals surface area contributed by atoms with E-state index < -0.39 is 30.0 Å². The number of fused-ring (bicyclic) bond motifs is 2. The molecule has 4 fully saturated rings. The molecule has 1 saturated carbocycles. The lowest BCUT2D eigenvalue weighted by Crippen LogP contribution is -2.48. The van der Waals surface area contributed by atoms with Crippen molar-refractivity contribution >= 4 is 40.1 Å². The van der Waals surface area contributed by atoms with Crippen molar-refractivity contribution in [1.29, 1.82) is 0 Å². The molecule has 0 radical (unpaired) electrons. The molecule has 2 unspecified atom stereocenters.